The summed E-state index contributed by atoms with van der Waals surface area (Å²) in [6.07, 6.45) is 3.17. The zero-order valence-electron chi connectivity index (χ0n) is 10.5. The van der Waals surface area contributed by atoms with Crippen LogP contribution >= 0.6 is 11.6 Å². The SMILES string of the molecule is CCCn1ncnc1COc1c(Cl)cccc1C=O. The Morgan fingerprint density at radius 3 is 3.05 bits per heavy atom. The molecule has 0 aliphatic heterocycles. The fraction of sp³-hybridized carbons (Fsp3) is 0.308. The topological polar surface area (TPSA) is 57.0 Å². The number of rotatable bonds is 6. The number of carbonyl (C=O) groups excluding carboxylic acids is 1. The molecule has 2 rings (SSSR count). The molecule has 6 heteroatoms. The van der Waals surface area contributed by atoms with Crippen molar-refractivity contribution in [1.82, 2.24) is 14.8 Å². The molecular weight excluding hydrogens is 266 g/mol. The second-order valence-corrected chi connectivity index (χ2v) is 4.37. The second-order valence-electron chi connectivity index (χ2n) is 3.96. The molecule has 1 heterocycles. The van der Waals surface area contributed by atoms with E-state index in [9.17, 15) is 4.79 Å². The quantitative estimate of drug-likeness (QED) is 0.763. The number of ether oxygens (including phenoxy) is 1. The minimum Gasteiger partial charge on any atom is -0.483 e. The molecule has 0 fully saturated rings. The number of nitrogens with zero attached hydrogens (tertiary/aromatic N) is 3. The van der Waals surface area contributed by atoms with E-state index in [1.165, 1.54) is 6.33 Å². The van der Waals surface area contributed by atoms with Crippen molar-refractivity contribution in [3.63, 3.8) is 0 Å². The summed E-state index contributed by atoms with van der Waals surface area (Å²) in [5.74, 6) is 1.09. The highest BCUT2D eigenvalue weighted by Crippen LogP contribution is 2.28. The molecule has 0 N–H and O–H groups in total. The van der Waals surface area contributed by atoms with Crippen LogP contribution in [0.4, 0.5) is 0 Å². The van der Waals surface area contributed by atoms with Crippen LogP contribution in [0.5, 0.6) is 5.75 Å². The Hall–Kier alpha value is -1.88. The molecule has 0 unspecified atom stereocenters. The van der Waals surface area contributed by atoms with Crippen LogP contribution in [0.1, 0.15) is 29.5 Å². The molecule has 2 aromatic rings. The minimum absolute atomic E-state index is 0.227. The zero-order valence-corrected chi connectivity index (χ0v) is 11.3. The van der Waals surface area contributed by atoms with Gasteiger partial charge in [0.1, 0.15) is 18.7 Å². The van der Waals surface area contributed by atoms with Crippen molar-refractivity contribution >= 4 is 17.9 Å². The van der Waals surface area contributed by atoms with E-state index in [0.29, 0.717) is 22.2 Å². The third kappa shape index (κ3) is 3.12. The largest absolute Gasteiger partial charge is 0.483 e. The molecule has 0 atom stereocenters. The number of hydrogen-bond acceptors (Lipinski definition) is 4. The molecule has 5 nitrogen and oxygen atoms in total. The number of aryl methyl sites for hydroxylation is 1. The summed E-state index contributed by atoms with van der Waals surface area (Å²) in [4.78, 5) is 15.1. The summed E-state index contributed by atoms with van der Waals surface area (Å²) in [6.45, 7) is 3.07. The summed E-state index contributed by atoms with van der Waals surface area (Å²) in [7, 11) is 0. The van der Waals surface area contributed by atoms with Crippen LogP contribution in [0.25, 0.3) is 0 Å². The van der Waals surface area contributed by atoms with E-state index in [1.54, 1.807) is 22.9 Å². The van der Waals surface area contributed by atoms with Gasteiger partial charge in [-0.3, -0.25) is 4.79 Å². The van der Waals surface area contributed by atoms with Gasteiger partial charge in [0.25, 0.3) is 0 Å². The molecule has 100 valence electrons. The van der Waals surface area contributed by atoms with Crippen LogP contribution in [0.3, 0.4) is 0 Å². The van der Waals surface area contributed by atoms with Gasteiger partial charge in [-0.1, -0.05) is 24.6 Å². The number of hydrogen-bond donors (Lipinski definition) is 0. The molecule has 0 amide bonds. The van der Waals surface area contributed by atoms with Crippen LogP contribution < -0.4 is 4.74 Å². The smallest absolute Gasteiger partial charge is 0.164 e. The first kappa shape index (κ1) is 13.5. The van der Waals surface area contributed by atoms with Crippen molar-refractivity contribution < 1.29 is 9.53 Å². The van der Waals surface area contributed by atoms with Crippen molar-refractivity contribution in [2.45, 2.75) is 26.5 Å². The average molecular weight is 280 g/mol. The number of para-hydroxylation sites is 1. The van der Waals surface area contributed by atoms with Crippen LogP contribution in [-0.4, -0.2) is 21.1 Å². The maximum atomic E-state index is 10.9. The molecule has 0 aliphatic carbocycles. The normalized spacial score (nSPS) is 10.4. The number of halogens is 1. The first-order valence-electron chi connectivity index (χ1n) is 5.99. The van der Waals surface area contributed by atoms with Gasteiger partial charge in [0.15, 0.2) is 12.1 Å². The standard InChI is InChI=1S/C13H14ClN3O2/c1-2-6-17-12(15-9-16-17)8-19-13-10(7-18)4-3-5-11(13)14/h3-5,7,9H,2,6,8H2,1H3. The van der Waals surface area contributed by atoms with Gasteiger partial charge in [-0.15, -0.1) is 0 Å². The molecule has 0 bridgehead atoms. The van der Waals surface area contributed by atoms with Gasteiger partial charge in [0, 0.05) is 6.54 Å². The van der Waals surface area contributed by atoms with Crippen LogP contribution in [0, 0.1) is 0 Å². The lowest BCUT2D eigenvalue weighted by atomic mass is 10.2. The van der Waals surface area contributed by atoms with E-state index in [2.05, 4.69) is 17.0 Å². The highest BCUT2D eigenvalue weighted by Gasteiger charge is 2.10. The van der Waals surface area contributed by atoms with Crippen molar-refractivity contribution in [3.05, 3.63) is 40.9 Å². The Labute approximate surface area is 116 Å². The lowest BCUT2D eigenvalue weighted by molar-refractivity contribution is 0.111. The van der Waals surface area contributed by atoms with Gasteiger partial charge in [-0.25, -0.2) is 9.67 Å². The maximum Gasteiger partial charge on any atom is 0.164 e. The van der Waals surface area contributed by atoms with Gasteiger partial charge in [-0.2, -0.15) is 5.10 Å². The Morgan fingerprint density at radius 1 is 1.47 bits per heavy atom. The number of aromatic nitrogens is 3. The number of benzene rings is 1. The first-order valence-corrected chi connectivity index (χ1v) is 6.37. The predicted molar refractivity (Wildman–Crippen MR) is 71.5 cm³/mol. The van der Waals surface area contributed by atoms with E-state index in [0.717, 1.165) is 19.3 Å². The fourth-order valence-electron chi connectivity index (χ4n) is 1.71. The molecule has 0 spiro atoms. The molecule has 1 aromatic heterocycles. The second kappa shape index (κ2) is 6.33. The van der Waals surface area contributed by atoms with Crippen molar-refractivity contribution in [2.75, 3.05) is 0 Å². The lowest BCUT2D eigenvalue weighted by Gasteiger charge is -2.10. The van der Waals surface area contributed by atoms with E-state index < -0.39 is 0 Å². The molecule has 0 aliphatic rings. The van der Waals surface area contributed by atoms with Crippen LogP contribution in [0.2, 0.25) is 5.02 Å². The van der Waals surface area contributed by atoms with E-state index in [1.807, 2.05) is 0 Å². The molecule has 19 heavy (non-hydrogen) atoms. The van der Waals surface area contributed by atoms with Crippen molar-refractivity contribution in [1.29, 1.82) is 0 Å². The van der Waals surface area contributed by atoms with Gasteiger partial charge >= 0.3 is 0 Å². The molecule has 0 saturated heterocycles. The van der Waals surface area contributed by atoms with Gasteiger partial charge < -0.3 is 4.74 Å². The van der Waals surface area contributed by atoms with E-state index in [4.69, 9.17) is 16.3 Å². The average Bonchev–Trinajstić information content (AvgIpc) is 2.85. The van der Waals surface area contributed by atoms with E-state index in [-0.39, 0.29) is 6.61 Å². The minimum atomic E-state index is 0.227. The van der Waals surface area contributed by atoms with Gasteiger partial charge in [0.05, 0.1) is 10.6 Å². The third-order valence-electron chi connectivity index (χ3n) is 2.60. The Bertz CT molecular complexity index is 569. The molecule has 1 aromatic carbocycles. The summed E-state index contributed by atoms with van der Waals surface area (Å²) in [6, 6.07) is 5.05. The van der Waals surface area contributed by atoms with Crippen LogP contribution in [-0.2, 0) is 13.2 Å². The molecular formula is C13H14ClN3O2. The predicted octanol–water partition coefficient (Wildman–Crippen LogP) is 2.73. The monoisotopic (exact) mass is 279 g/mol. The highest BCUT2D eigenvalue weighted by molar-refractivity contribution is 6.32. The van der Waals surface area contributed by atoms with Gasteiger partial charge in [-0.05, 0) is 18.6 Å². The van der Waals surface area contributed by atoms with Gasteiger partial charge in [0.2, 0.25) is 0 Å². The molecule has 0 radical (unpaired) electrons. The Morgan fingerprint density at radius 2 is 2.32 bits per heavy atom. The highest BCUT2D eigenvalue weighted by atomic mass is 35.5. The fourth-order valence-corrected chi connectivity index (χ4v) is 1.94. The Balaban J connectivity index is 2.14. The number of aldehydes is 1. The summed E-state index contributed by atoms with van der Waals surface area (Å²) in [5, 5.41) is 4.51. The number of carbonyl (C=O) groups is 1. The summed E-state index contributed by atoms with van der Waals surface area (Å²) >= 11 is 6.02. The first-order chi connectivity index (χ1) is 9.26. The Kier molecular flexibility index (Phi) is 4.52. The third-order valence-corrected chi connectivity index (χ3v) is 2.90. The molecule has 0 saturated carbocycles. The zero-order chi connectivity index (χ0) is 13.7. The van der Waals surface area contributed by atoms with E-state index >= 15 is 0 Å². The summed E-state index contributed by atoms with van der Waals surface area (Å²) < 4.78 is 7.38. The van der Waals surface area contributed by atoms with Crippen molar-refractivity contribution in [3.8, 4) is 5.75 Å². The lowest BCUT2D eigenvalue weighted by Crippen LogP contribution is -2.09. The van der Waals surface area contributed by atoms with Crippen LogP contribution in [0.15, 0.2) is 24.5 Å². The summed E-state index contributed by atoms with van der Waals surface area (Å²) in [5.41, 5.74) is 0.425. The maximum absolute atomic E-state index is 10.9. The van der Waals surface area contributed by atoms with Crippen molar-refractivity contribution in [2.24, 2.45) is 0 Å².